The highest BCUT2D eigenvalue weighted by molar-refractivity contribution is 7.99. The fourth-order valence-electron chi connectivity index (χ4n) is 3.02. The molecule has 0 spiro atoms. The van der Waals surface area contributed by atoms with Gasteiger partial charge in [0.15, 0.2) is 5.16 Å². The van der Waals surface area contributed by atoms with Crippen LogP contribution in [-0.4, -0.2) is 53.9 Å². The zero-order valence-corrected chi connectivity index (χ0v) is 16.8. The molecule has 1 unspecified atom stereocenters. The molecule has 3 aromatic rings. The number of nitrogens with zero attached hydrogens (tertiary/aromatic N) is 5. The summed E-state index contributed by atoms with van der Waals surface area (Å²) in [7, 11) is 0. The number of aromatic amines is 1. The van der Waals surface area contributed by atoms with Crippen molar-refractivity contribution >= 4 is 35.0 Å². The first-order valence-corrected chi connectivity index (χ1v) is 10.3. The fourth-order valence-corrected chi connectivity index (χ4v) is 3.95. The van der Waals surface area contributed by atoms with Crippen molar-refractivity contribution in [3.8, 4) is 5.69 Å². The number of carbonyl (C=O) groups is 1. The summed E-state index contributed by atoms with van der Waals surface area (Å²) in [5.74, 6) is -0.197. The van der Waals surface area contributed by atoms with E-state index in [1.165, 1.54) is 33.7 Å². The number of halogens is 1. The second kappa shape index (κ2) is 8.80. The Labute approximate surface area is 174 Å². The third-order valence-electron chi connectivity index (χ3n) is 4.36. The molecule has 2 N–H and O–H groups in total. The summed E-state index contributed by atoms with van der Waals surface area (Å²) in [5, 5.41) is 14.3. The van der Waals surface area contributed by atoms with E-state index in [0.29, 0.717) is 34.7 Å². The lowest BCUT2D eigenvalue weighted by Crippen LogP contribution is -2.25. The van der Waals surface area contributed by atoms with E-state index < -0.39 is 0 Å². The van der Waals surface area contributed by atoms with Crippen molar-refractivity contribution in [2.45, 2.75) is 30.6 Å². The number of benzene rings is 1. The summed E-state index contributed by atoms with van der Waals surface area (Å²) >= 11 is 7.24. The number of hydrogen-bond acceptors (Lipinski definition) is 7. The summed E-state index contributed by atoms with van der Waals surface area (Å²) in [5.41, 5.74) is 0.833. The number of carbonyl (C=O) groups excluding carboxylic acids is 1. The van der Waals surface area contributed by atoms with Crippen molar-refractivity contribution in [2.75, 3.05) is 17.7 Å². The molecule has 1 saturated heterocycles. The summed E-state index contributed by atoms with van der Waals surface area (Å²) < 4.78 is 8.63. The minimum Gasteiger partial charge on any atom is -0.376 e. The molecule has 29 heavy (non-hydrogen) atoms. The largest absolute Gasteiger partial charge is 0.376 e. The van der Waals surface area contributed by atoms with Crippen LogP contribution in [-0.2, 0) is 16.1 Å². The number of aromatic nitrogens is 6. The Hall–Kier alpha value is -2.63. The van der Waals surface area contributed by atoms with Gasteiger partial charge >= 0.3 is 5.69 Å². The van der Waals surface area contributed by atoms with Gasteiger partial charge in [0.1, 0.15) is 12.7 Å². The standard InChI is InChI=1S/C17H18ClN7O3S/c18-11-3-4-14(25-10-19-9-20-25)13(6-11)21-15(26)8-29-17-23-22-16(27)24(17)7-12-2-1-5-28-12/h3-4,6,9-10,12H,1-2,5,7-8H2,(H,21,26)(H,22,27). The Kier molecular flexibility index (Phi) is 5.97. The quantitative estimate of drug-likeness (QED) is 0.542. The van der Waals surface area contributed by atoms with Crippen LogP contribution in [0.4, 0.5) is 5.69 Å². The van der Waals surface area contributed by atoms with Crippen LogP contribution in [0.5, 0.6) is 0 Å². The molecule has 1 aliphatic heterocycles. The lowest BCUT2D eigenvalue weighted by atomic mass is 10.2. The van der Waals surface area contributed by atoms with Gasteiger partial charge in [-0.1, -0.05) is 23.4 Å². The van der Waals surface area contributed by atoms with Gasteiger partial charge in [0.25, 0.3) is 0 Å². The SMILES string of the molecule is O=C(CSc1n[nH]c(=O)n1CC1CCCO1)Nc1cc(Cl)ccc1-n1cncn1. The van der Waals surface area contributed by atoms with Crippen molar-refractivity contribution in [1.82, 2.24) is 29.5 Å². The molecule has 1 aromatic carbocycles. The number of rotatable bonds is 7. The average molecular weight is 436 g/mol. The second-order valence-electron chi connectivity index (χ2n) is 6.40. The number of hydrogen-bond donors (Lipinski definition) is 2. The highest BCUT2D eigenvalue weighted by atomic mass is 35.5. The van der Waals surface area contributed by atoms with Gasteiger partial charge in [0, 0.05) is 11.6 Å². The highest BCUT2D eigenvalue weighted by Crippen LogP contribution is 2.25. The number of anilines is 1. The van der Waals surface area contributed by atoms with E-state index in [1.54, 1.807) is 18.2 Å². The van der Waals surface area contributed by atoms with Crippen molar-refractivity contribution in [3.63, 3.8) is 0 Å². The minimum absolute atomic E-state index is 0.00447. The van der Waals surface area contributed by atoms with Gasteiger partial charge in [0.2, 0.25) is 5.91 Å². The van der Waals surface area contributed by atoms with Crippen molar-refractivity contribution in [1.29, 1.82) is 0 Å². The summed E-state index contributed by atoms with van der Waals surface area (Å²) in [6, 6.07) is 5.09. The van der Waals surface area contributed by atoms with E-state index in [4.69, 9.17) is 16.3 Å². The molecule has 1 aliphatic rings. The molecule has 0 aliphatic carbocycles. The van der Waals surface area contributed by atoms with E-state index in [-0.39, 0.29) is 23.5 Å². The van der Waals surface area contributed by atoms with Crippen LogP contribution in [0.3, 0.4) is 0 Å². The molecule has 0 radical (unpaired) electrons. The molecule has 152 valence electrons. The Balaban J connectivity index is 1.43. The van der Waals surface area contributed by atoms with Gasteiger partial charge in [-0.15, -0.1) is 5.10 Å². The van der Waals surface area contributed by atoms with Gasteiger partial charge in [-0.2, -0.15) is 5.10 Å². The van der Waals surface area contributed by atoms with E-state index in [0.717, 1.165) is 12.8 Å². The Morgan fingerprint density at radius 1 is 1.45 bits per heavy atom. The first-order chi connectivity index (χ1) is 14.1. The molecule has 10 nitrogen and oxygen atoms in total. The number of H-pyrrole nitrogens is 1. The van der Waals surface area contributed by atoms with Gasteiger partial charge < -0.3 is 10.1 Å². The van der Waals surface area contributed by atoms with Crippen molar-refractivity contribution < 1.29 is 9.53 Å². The third kappa shape index (κ3) is 4.69. The van der Waals surface area contributed by atoms with Crippen molar-refractivity contribution in [2.24, 2.45) is 0 Å². The monoisotopic (exact) mass is 435 g/mol. The third-order valence-corrected chi connectivity index (χ3v) is 5.58. The van der Waals surface area contributed by atoms with Crippen LogP contribution in [0.2, 0.25) is 5.02 Å². The van der Waals surface area contributed by atoms with Gasteiger partial charge in [-0.05, 0) is 31.0 Å². The molecule has 1 amide bonds. The number of amides is 1. The van der Waals surface area contributed by atoms with Crippen LogP contribution >= 0.6 is 23.4 Å². The molecule has 1 atom stereocenters. The van der Waals surface area contributed by atoms with E-state index in [9.17, 15) is 9.59 Å². The van der Waals surface area contributed by atoms with Crippen LogP contribution in [0, 0.1) is 0 Å². The Bertz CT molecular complexity index is 1040. The molecule has 0 saturated carbocycles. The first kappa shape index (κ1) is 19.7. The van der Waals surface area contributed by atoms with Crippen LogP contribution in [0.25, 0.3) is 5.69 Å². The fraction of sp³-hybridized carbons (Fsp3) is 0.353. The molecular formula is C17H18ClN7O3S. The topological polar surface area (TPSA) is 120 Å². The van der Waals surface area contributed by atoms with Crippen LogP contribution < -0.4 is 11.0 Å². The van der Waals surface area contributed by atoms with Gasteiger partial charge in [-0.3, -0.25) is 9.36 Å². The van der Waals surface area contributed by atoms with E-state index in [2.05, 4.69) is 25.6 Å². The van der Waals surface area contributed by atoms with Crippen LogP contribution in [0.15, 0.2) is 40.8 Å². The maximum absolute atomic E-state index is 12.5. The minimum atomic E-state index is -0.313. The molecule has 2 aromatic heterocycles. The lowest BCUT2D eigenvalue weighted by Gasteiger charge is -2.12. The number of thioether (sulfide) groups is 1. The zero-order chi connectivity index (χ0) is 20.2. The highest BCUT2D eigenvalue weighted by Gasteiger charge is 2.20. The molecule has 1 fully saturated rings. The Morgan fingerprint density at radius 2 is 2.34 bits per heavy atom. The average Bonchev–Trinajstić information content (AvgIpc) is 3.45. The maximum atomic E-state index is 12.5. The van der Waals surface area contributed by atoms with Crippen molar-refractivity contribution in [3.05, 3.63) is 46.4 Å². The molecule has 4 rings (SSSR count). The first-order valence-electron chi connectivity index (χ1n) is 8.94. The van der Waals surface area contributed by atoms with E-state index in [1.807, 2.05) is 0 Å². The molecule has 0 bridgehead atoms. The number of ether oxygens (including phenoxy) is 1. The smallest absolute Gasteiger partial charge is 0.344 e. The summed E-state index contributed by atoms with van der Waals surface area (Å²) in [4.78, 5) is 28.5. The molecule has 12 heteroatoms. The van der Waals surface area contributed by atoms with Gasteiger partial charge in [0.05, 0.1) is 29.8 Å². The molecule has 3 heterocycles. The van der Waals surface area contributed by atoms with Crippen LogP contribution in [0.1, 0.15) is 12.8 Å². The van der Waals surface area contributed by atoms with Gasteiger partial charge in [-0.25, -0.2) is 19.6 Å². The number of nitrogens with one attached hydrogen (secondary N) is 2. The molecular weight excluding hydrogens is 418 g/mol. The zero-order valence-electron chi connectivity index (χ0n) is 15.2. The normalized spacial score (nSPS) is 16.2. The lowest BCUT2D eigenvalue weighted by molar-refractivity contribution is -0.113. The predicted octanol–water partition coefficient (Wildman–Crippen LogP) is 1.72. The maximum Gasteiger partial charge on any atom is 0.344 e. The summed E-state index contributed by atoms with van der Waals surface area (Å²) in [6.45, 7) is 1.12. The second-order valence-corrected chi connectivity index (χ2v) is 7.77. The van der Waals surface area contributed by atoms with E-state index >= 15 is 0 Å². The Morgan fingerprint density at radius 3 is 3.10 bits per heavy atom. The summed E-state index contributed by atoms with van der Waals surface area (Å²) in [6.07, 6.45) is 4.82. The predicted molar refractivity (Wildman–Crippen MR) is 108 cm³/mol.